The van der Waals surface area contributed by atoms with Crippen LogP contribution >= 0.6 is 11.3 Å². The number of nitrogens with one attached hydrogen (secondary N) is 1. The Hall–Kier alpha value is -1.49. The van der Waals surface area contributed by atoms with Gasteiger partial charge in [0.25, 0.3) is 0 Å². The van der Waals surface area contributed by atoms with Crippen LogP contribution in [0.1, 0.15) is 13.8 Å². The van der Waals surface area contributed by atoms with Crippen LogP contribution in [-0.4, -0.2) is 11.5 Å². The van der Waals surface area contributed by atoms with Crippen LogP contribution < -0.4 is 5.32 Å². The van der Waals surface area contributed by atoms with Gasteiger partial charge in [-0.1, -0.05) is 13.8 Å². The molecule has 0 atom stereocenters. The first-order valence-corrected chi connectivity index (χ1v) is 6.58. The van der Waals surface area contributed by atoms with Crippen molar-refractivity contribution in [1.29, 1.82) is 0 Å². The summed E-state index contributed by atoms with van der Waals surface area (Å²) >= 11 is 1.43. The van der Waals surface area contributed by atoms with Gasteiger partial charge in [0, 0.05) is 23.6 Å². The molecule has 0 radical (unpaired) electrons. The van der Waals surface area contributed by atoms with Crippen LogP contribution in [0.4, 0.5) is 13.9 Å². The maximum Gasteiger partial charge on any atom is 0.183 e. The zero-order valence-electron chi connectivity index (χ0n) is 10.2. The second-order valence-corrected chi connectivity index (χ2v) is 5.33. The standard InChI is InChI=1S/C13H14F2N2S/c1-8(2)6-16-13-17-12(7-18-13)9-3-10(14)5-11(15)4-9/h3-5,7-8H,6H2,1-2H3,(H,16,17). The topological polar surface area (TPSA) is 24.9 Å². The fourth-order valence-electron chi connectivity index (χ4n) is 1.48. The largest absolute Gasteiger partial charge is 0.361 e. The molecule has 0 bridgehead atoms. The lowest BCUT2D eigenvalue weighted by Gasteiger charge is -2.04. The Balaban J connectivity index is 2.18. The summed E-state index contributed by atoms with van der Waals surface area (Å²) in [5.41, 5.74) is 1.05. The molecule has 0 aliphatic heterocycles. The van der Waals surface area contributed by atoms with Crippen molar-refractivity contribution >= 4 is 16.5 Å². The third-order valence-corrected chi connectivity index (χ3v) is 3.12. The average molecular weight is 268 g/mol. The summed E-state index contributed by atoms with van der Waals surface area (Å²) in [7, 11) is 0. The smallest absolute Gasteiger partial charge is 0.183 e. The van der Waals surface area contributed by atoms with Crippen molar-refractivity contribution < 1.29 is 8.78 Å². The molecular weight excluding hydrogens is 254 g/mol. The van der Waals surface area contributed by atoms with Crippen LogP contribution in [0.25, 0.3) is 11.3 Å². The molecule has 0 aliphatic carbocycles. The Labute approximate surface area is 109 Å². The lowest BCUT2D eigenvalue weighted by Crippen LogP contribution is -2.07. The minimum Gasteiger partial charge on any atom is -0.361 e. The quantitative estimate of drug-likeness (QED) is 0.900. The molecule has 0 saturated heterocycles. The van der Waals surface area contributed by atoms with Crippen LogP contribution in [0.5, 0.6) is 0 Å². The molecule has 0 spiro atoms. The third-order valence-electron chi connectivity index (χ3n) is 2.32. The maximum atomic E-state index is 13.1. The number of hydrogen-bond acceptors (Lipinski definition) is 3. The summed E-state index contributed by atoms with van der Waals surface area (Å²) in [6.45, 7) is 5.03. The normalized spacial score (nSPS) is 10.9. The van der Waals surface area contributed by atoms with Gasteiger partial charge in [-0.25, -0.2) is 13.8 Å². The van der Waals surface area contributed by atoms with Crippen molar-refractivity contribution in [1.82, 2.24) is 4.98 Å². The number of hydrogen-bond donors (Lipinski definition) is 1. The van der Waals surface area contributed by atoms with Crippen LogP contribution in [-0.2, 0) is 0 Å². The summed E-state index contributed by atoms with van der Waals surface area (Å²) in [6, 6.07) is 3.42. The first kappa shape index (κ1) is 13.0. The van der Waals surface area contributed by atoms with Gasteiger partial charge in [0.2, 0.25) is 0 Å². The van der Waals surface area contributed by atoms with Crippen molar-refractivity contribution in [2.45, 2.75) is 13.8 Å². The molecule has 1 aromatic heterocycles. The third kappa shape index (κ3) is 3.26. The van der Waals surface area contributed by atoms with Crippen LogP contribution in [0.15, 0.2) is 23.6 Å². The van der Waals surface area contributed by atoms with Gasteiger partial charge in [-0.15, -0.1) is 11.3 Å². The lowest BCUT2D eigenvalue weighted by atomic mass is 10.1. The maximum absolute atomic E-state index is 13.1. The highest BCUT2D eigenvalue weighted by molar-refractivity contribution is 7.14. The van der Waals surface area contributed by atoms with Crippen molar-refractivity contribution in [2.24, 2.45) is 5.92 Å². The molecule has 0 fully saturated rings. The van der Waals surface area contributed by atoms with Crippen molar-refractivity contribution in [3.63, 3.8) is 0 Å². The highest BCUT2D eigenvalue weighted by Crippen LogP contribution is 2.26. The van der Waals surface area contributed by atoms with E-state index in [1.165, 1.54) is 23.5 Å². The van der Waals surface area contributed by atoms with Gasteiger partial charge in [0.15, 0.2) is 5.13 Å². The van der Waals surface area contributed by atoms with Crippen molar-refractivity contribution in [3.8, 4) is 11.3 Å². The molecule has 2 nitrogen and oxygen atoms in total. The van der Waals surface area contributed by atoms with Gasteiger partial charge in [-0.2, -0.15) is 0 Å². The number of anilines is 1. The number of rotatable bonds is 4. The van der Waals surface area contributed by atoms with E-state index >= 15 is 0 Å². The van der Waals surface area contributed by atoms with E-state index in [0.717, 1.165) is 17.7 Å². The van der Waals surface area contributed by atoms with E-state index in [-0.39, 0.29) is 0 Å². The molecular formula is C13H14F2N2S. The SMILES string of the molecule is CC(C)CNc1nc(-c2cc(F)cc(F)c2)cs1. The fourth-order valence-corrected chi connectivity index (χ4v) is 2.21. The van der Waals surface area contributed by atoms with Crippen molar-refractivity contribution in [3.05, 3.63) is 35.2 Å². The summed E-state index contributed by atoms with van der Waals surface area (Å²) in [4.78, 5) is 4.31. The second kappa shape index (κ2) is 5.44. The molecule has 18 heavy (non-hydrogen) atoms. The van der Waals surface area contributed by atoms with E-state index < -0.39 is 11.6 Å². The average Bonchev–Trinajstić information content (AvgIpc) is 2.73. The minimum absolute atomic E-state index is 0.460. The molecule has 5 heteroatoms. The number of benzene rings is 1. The molecule has 1 N–H and O–H groups in total. The monoisotopic (exact) mass is 268 g/mol. The molecule has 2 aromatic rings. The Bertz CT molecular complexity index is 517. The lowest BCUT2D eigenvalue weighted by molar-refractivity contribution is 0.584. The van der Waals surface area contributed by atoms with Gasteiger partial charge in [0.05, 0.1) is 5.69 Å². The van der Waals surface area contributed by atoms with Crippen molar-refractivity contribution in [2.75, 3.05) is 11.9 Å². The molecule has 0 unspecified atom stereocenters. The Kier molecular flexibility index (Phi) is 3.91. The van der Waals surface area contributed by atoms with E-state index in [4.69, 9.17) is 0 Å². The number of halogens is 2. The Morgan fingerprint density at radius 1 is 1.22 bits per heavy atom. The molecule has 2 rings (SSSR count). The predicted octanol–water partition coefficient (Wildman–Crippen LogP) is 4.16. The first-order chi connectivity index (χ1) is 8.54. The van der Waals surface area contributed by atoms with Crippen LogP contribution in [0.3, 0.4) is 0 Å². The number of thiazole rings is 1. The van der Waals surface area contributed by atoms with E-state index in [9.17, 15) is 8.78 Å². The summed E-state index contributed by atoms with van der Waals surface area (Å²) in [6.07, 6.45) is 0. The second-order valence-electron chi connectivity index (χ2n) is 4.47. The summed E-state index contributed by atoms with van der Waals surface area (Å²) < 4.78 is 26.2. The zero-order valence-corrected chi connectivity index (χ0v) is 11.0. The van der Waals surface area contributed by atoms with Crippen LogP contribution in [0.2, 0.25) is 0 Å². The summed E-state index contributed by atoms with van der Waals surface area (Å²) in [5, 5.41) is 5.74. The van der Waals surface area contributed by atoms with Crippen LogP contribution in [0, 0.1) is 17.6 Å². The molecule has 0 aliphatic rings. The highest BCUT2D eigenvalue weighted by Gasteiger charge is 2.07. The van der Waals surface area contributed by atoms with Gasteiger partial charge < -0.3 is 5.32 Å². The molecule has 96 valence electrons. The van der Waals surface area contributed by atoms with E-state index in [0.29, 0.717) is 17.2 Å². The van der Waals surface area contributed by atoms with E-state index in [1.54, 1.807) is 5.38 Å². The predicted molar refractivity (Wildman–Crippen MR) is 70.8 cm³/mol. The summed E-state index contributed by atoms with van der Waals surface area (Å²) in [5.74, 6) is -0.659. The Morgan fingerprint density at radius 2 is 1.89 bits per heavy atom. The number of nitrogens with zero attached hydrogens (tertiary/aromatic N) is 1. The molecule has 0 saturated carbocycles. The van der Waals surface area contributed by atoms with E-state index in [1.807, 2.05) is 0 Å². The van der Waals surface area contributed by atoms with Gasteiger partial charge in [-0.05, 0) is 18.1 Å². The minimum atomic E-state index is -0.588. The fraction of sp³-hybridized carbons (Fsp3) is 0.308. The van der Waals surface area contributed by atoms with E-state index in [2.05, 4.69) is 24.1 Å². The Morgan fingerprint density at radius 3 is 2.50 bits per heavy atom. The molecule has 1 aromatic carbocycles. The first-order valence-electron chi connectivity index (χ1n) is 5.70. The zero-order chi connectivity index (χ0) is 13.1. The van der Waals surface area contributed by atoms with Gasteiger partial charge in [-0.3, -0.25) is 0 Å². The van der Waals surface area contributed by atoms with Gasteiger partial charge in [0.1, 0.15) is 11.6 Å². The highest BCUT2D eigenvalue weighted by atomic mass is 32.1. The number of aromatic nitrogens is 1. The van der Waals surface area contributed by atoms with Gasteiger partial charge >= 0.3 is 0 Å². The molecule has 0 amide bonds. The molecule has 1 heterocycles.